The first kappa shape index (κ1) is 12.0. The number of hydrogen-bond donors (Lipinski definition) is 2. The molecular weight excluding hydrogens is 176 g/mol. The fraction of sp³-hybridized carbons (Fsp3) is 1.00. The van der Waals surface area contributed by atoms with E-state index >= 15 is 0 Å². The molecule has 0 amide bonds. The maximum absolute atomic E-state index is 8.66. The van der Waals surface area contributed by atoms with Crippen molar-refractivity contribution in [3.05, 3.63) is 0 Å². The average molecular weight is 200 g/mol. The minimum atomic E-state index is 0.344. The van der Waals surface area contributed by atoms with Crippen molar-refractivity contribution in [1.29, 1.82) is 0 Å². The second-order valence-electron chi connectivity index (χ2n) is 4.25. The molecule has 0 atom stereocenters. The van der Waals surface area contributed by atoms with Gasteiger partial charge in [-0.15, -0.1) is 0 Å². The van der Waals surface area contributed by atoms with Crippen LogP contribution in [0.15, 0.2) is 0 Å². The zero-order valence-electron chi connectivity index (χ0n) is 9.34. The molecular formula is C11H24N2O. The lowest BCUT2D eigenvalue weighted by atomic mass is 10.1. The Hall–Kier alpha value is -0.120. The Balaban J connectivity index is 2.04. The van der Waals surface area contributed by atoms with Crippen LogP contribution in [0.4, 0.5) is 0 Å². The first-order valence-corrected chi connectivity index (χ1v) is 5.86. The van der Waals surface area contributed by atoms with Crippen molar-refractivity contribution in [1.82, 2.24) is 10.2 Å². The van der Waals surface area contributed by atoms with Crippen LogP contribution in [-0.4, -0.2) is 49.3 Å². The van der Waals surface area contributed by atoms with E-state index in [1.165, 1.54) is 38.9 Å². The number of nitrogens with zero attached hydrogens (tertiary/aromatic N) is 1. The van der Waals surface area contributed by atoms with Gasteiger partial charge >= 0.3 is 0 Å². The Morgan fingerprint density at radius 3 is 2.57 bits per heavy atom. The van der Waals surface area contributed by atoms with E-state index in [0.717, 1.165) is 18.9 Å². The van der Waals surface area contributed by atoms with Gasteiger partial charge in [0.25, 0.3) is 0 Å². The summed E-state index contributed by atoms with van der Waals surface area (Å²) in [4.78, 5) is 2.48. The van der Waals surface area contributed by atoms with Gasteiger partial charge in [-0.25, -0.2) is 0 Å². The number of unbranched alkanes of at least 4 members (excludes halogenated alkanes) is 2. The monoisotopic (exact) mass is 200 g/mol. The number of aliphatic hydroxyl groups is 1. The third kappa shape index (κ3) is 4.40. The van der Waals surface area contributed by atoms with E-state index in [4.69, 9.17) is 5.11 Å². The molecule has 1 saturated heterocycles. The summed E-state index contributed by atoms with van der Waals surface area (Å²) >= 11 is 0. The summed E-state index contributed by atoms with van der Waals surface area (Å²) in [5.74, 6) is 0. The number of rotatable bonds is 6. The maximum Gasteiger partial charge on any atom is 0.0431 e. The van der Waals surface area contributed by atoms with Gasteiger partial charge in [-0.1, -0.05) is 0 Å². The van der Waals surface area contributed by atoms with Crippen molar-refractivity contribution in [3.63, 3.8) is 0 Å². The van der Waals surface area contributed by atoms with Crippen LogP contribution in [0.1, 0.15) is 32.1 Å². The van der Waals surface area contributed by atoms with Gasteiger partial charge in [-0.2, -0.15) is 0 Å². The first-order valence-electron chi connectivity index (χ1n) is 5.86. The summed E-state index contributed by atoms with van der Waals surface area (Å²) < 4.78 is 0. The molecule has 0 aromatic heterocycles. The Bertz CT molecular complexity index is 135. The van der Waals surface area contributed by atoms with E-state index in [1.54, 1.807) is 0 Å². The quantitative estimate of drug-likeness (QED) is 0.624. The van der Waals surface area contributed by atoms with Gasteiger partial charge in [0.15, 0.2) is 0 Å². The normalized spacial score (nSPS) is 19.1. The minimum Gasteiger partial charge on any atom is -0.396 e. The number of piperidine rings is 1. The summed E-state index contributed by atoms with van der Waals surface area (Å²) in [5, 5.41) is 12.0. The molecule has 2 N–H and O–H groups in total. The summed E-state index contributed by atoms with van der Waals surface area (Å²) in [6.07, 6.45) is 5.92. The van der Waals surface area contributed by atoms with Crippen molar-refractivity contribution >= 4 is 0 Å². The third-order valence-electron chi connectivity index (χ3n) is 3.10. The molecule has 14 heavy (non-hydrogen) atoms. The molecule has 0 aromatic rings. The maximum atomic E-state index is 8.66. The zero-order chi connectivity index (χ0) is 10.2. The molecule has 0 unspecified atom stereocenters. The molecule has 0 spiro atoms. The summed E-state index contributed by atoms with van der Waals surface area (Å²) in [7, 11) is 2.23. The first-order chi connectivity index (χ1) is 6.84. The fourth-order valence-electron chi connectivity index (χ4n) is 2.08. The SMILES string of the molecule is CN(CCCCCO)C1CCNCC1. The van der Waals surface area contributed by atoms with Crippen LogP contribution in [0.3, 0.4) is 0 Å². The lowest BCUT2D eigenvalue weighted by molar-refractivity contribution is 0.193. The molecule has 1 aliphatic heterocycles. The Kier molecular flexibility index (Phi) is 6.15. The highest BCUT2D eigenvalue weighted by atomic mass is 16.2. The van der Waals surface area contributed by atoms with E-state index in [0.29, 0.717) is 6.61 Å². The van der Waals surface area contributed by atoms with Crippen molar-refractivity contribution in [2.24, 2.45) is 0 Å². The second-order valence-corrected chi connectivity index (χ2v) is 4.25. The van der Waals surface area contributed by atoms with E-state index < -0.39 is 0 Å². The third-order valence-corrected chi connectivity index (χ3v) is 3.10. The molecule has 1 heterocycles. The van der Waals surface area contributed by atoms with Crippen molar-refractivity contribution in [2.75, 3.05) is 33.3 Å². The van der Waals surface area contributed by atoms with Crippen LogP contribution in [-0.2, 0) is 0 Å². The second kappa shape index (κ2) is 7.21. The predicted octanol–water partition coefficient (Wildman–Crippen LogP) is 0.833. The fourth-order valence-corrected chi connectivity index (χ4v) is 2.08. The van der Waals surface area contributed by atoms with E-state index in [-0.39, 0.29) is 0 Å². The van der Waals surface area contributed by atoms with Crippen LogP contribution < -0.4 is 5.32 Å². The molecule has 1 rings (SSSR count). The standard InChI is InChI=1S/C11H24N2O/c1-13(9-3-2-4-10-14)11-5-7-12-8-6-11/h11-12,14H,2-10H2,1H3. The van der Waals surface area contributed by atoms with Crippen LogP contribution in [0, 0.1) is 0 Å². The molecule has 84 valence electrons. The van der Waals surface area contributed by atoms with Crippen molar-refractivity contribution in [2.45, 2.75) is 38.1 Å². The lowest BCUT2D eigenvalue weighted by Crippen LogP contribution is -2.41. The van der Waals surface area contributed by atoms with Gasteiger partial charge in [-0.05, 0) is 58.8 Å². The Morgan fingerprint density at radius 2 is 1.93 bits per heavy atom. The van der Waals surface area contributed by atoms with Gasteiger partial charge in [0.1, 0.15) is 0 Å². The van der Waals surface area contributed by atoms with Gasteiger partial charge in [0.05, 0.1) is 0 Å². The largest absolute Gasteiger partial charge is 0.396 e. The van der Waals surface area contributed by atoms with Crippen LogP contribution >= 0.6 is 0 Å². The highest BCUT2D eigenvalue weighted by Crippen LogP contribution is 2.10. The van der Waals surface area contributed by atoms with Crippen LogP contribution in [0.5, 0.6) is 0 Å². The molecule has 3 nitrogen and oxygen atoms in total. The molecule has 1 fully saturated rings. The van der Waals surface area contributed by atoms with E-state index in [1.807, 2.05) is 0 Å². The highest BCUT2D eigenvalue weighted by Gasteiger charge is 2.16. The van der Waals surface area contributed by atoms with Gasteiger partial charge < -0.3 is 15.3 Å². The molecule has 3 heteroatoms. The van der Waals surface area contributed by atoms with Gasteiger partial charge in [0, 0.05) is 12.6 Å². The highest BCUT2D eigenvalue weighted by molar-refractivity contribution is 4.75. The van der Waals surface area contributed by atoms with E-state index in [2.05, 4.69) is 17.3 Å². The lowest BCUT2D eigenvalue weighted by Gasteiger charge is -2.31. The summed E-state index contributed by atoms with van der Waals surface area (Å²) in [5.41, 5.74) is 0. The number of hydrogen-bond acceptors (Lipinski definition) is 3. The van der Waals surface area contributed by atoms with Gasteiger partial charge in [0.2, 0.25) is 0 Å². The topological polar surface area (TPSA) is 35.5 Å². The molecule has 0 saturated carbocycles. The predicted molar refractivity (Wildman–Crippen MR) is 59.5 cm³/mol. The van der Waals surface area contributed by atoms with Gasteiger partial charge in [-0.3, -0.25) is 0 Å². The smallest absolute Gasteiger partial charge is 0.0431 e. The zero-order valence-corrected chi connectivity index (χ0v) is 9.34. The molecule has 0 radical (unpaired) electrons. The molecule has 1 aliphatic rings. The minimum absolute atomic E-state index is 0.344. The Morgan fingerprint density at radius 1 is 1.21 bits per heavy atom. The van der Waals surface area contributed by atoms with E-state index in [9.17, 15) is 0 Å². The summed E-state index contributed by atoms with van der Waals surface area (Å²) in [6, 6.07) is 0.783. The average Bonchev–Trinajstić information content (AvgIpc) is 2.25. The van der Waals surface area contributed by atoms with Crippen molar-refractivity contribution < 1.29 is 5.11 Å². The van der Waals surface area contributed by atoms with Crippen LogP contribution in [0.2, 0.25) is 0 Å². The molecule has 0 aromatic carbocycles. The summed E-state index contributed by atoms with van der Waals surface area (Å²) in [6.45, 7) is 3.87. The number of aliphatic hydroxyl groups excluding tert-OH is 1. The molecule has 0 bridgehead atoms. The Labute approximate surface area is 87.5 Å². The molecule has 0 aliphatic carbocycles. The van der Waals surface area contributed by atoms with Crippen LogP contribution in [0.25, 0.3) is 0 Å². The number of nitrogens with one attached hydrogen (secondary N) is 1. The van der Waals surface area contributed by atoms with Crippen molar-refractivity contribution in [3.8, 4) is 0 Å².